The second kappa shape index (κ2) is 8.73. The highest BCUT2D eigenvalue weighted by molar-refractivity contribution is 7.89. The molecular formula is C23H27FN4O3S. The normalized spacial score (nSPS) is 23.8. The molecule has 1 saturated carbocycles. The van der Waals surface area contributed by atoms with E-state index in [9.17, 15) is 12.8 Å². The van der Waals surface area contributed by atoms with E-state index in [4.69, 9.17) is 4.74 Å². The number of benzene rings is 2. The van der Waals surface area contributed by atoms with Crippen LogP contribution in [0.25, 0.3) is 11.1 Å². The molecule has 170 valence electrons. The number of nitrogens with one attached hydrogen (secondary N) is 1. The van der Waals surface area contributed by atoms with E-state index in [1.165, 1.54) is 18.0 Å². The maximum Gasteiger partial charge on any atom is 0.309 e. The molecule has 7 nitrogen and oxygen atoms in total. The summed E-state index contributed by atoms with van der Waals surface area (Å²) < 4.78 is 50.8. The van der Waals surface area contributed by atoms with Crippen molar-refractivity contribution in [1.82, 2.24) is 19.5 Å². The van der Waals surface area contributed by atoms with Gasteiger partial charge in [0, 0.05) is 13.5 Å². The molecule has 1 aliphatic carbocycles. The Hall–Kier alpha value is -2.62. The molecule has 0 radical (unpaired) electrons. The van der Waals surface area contributed by atoms with E-state index in [0.29, 0.717) is 25.7 Å². The summed E-state index contributed by atoms with van der Waals surface area (Å²) in [6.45, 7) is 1.95. The van der Waals surface area contributed by atoms with Crippen molar-refractivity contribution in [3.8, 4) is 11.1 Å². The Balaban J connectivity index is 1.61. The van der Waals surface area contributed by atoms with E-state index < -0.39 is 27.4 Å². The molecule has 0 spiro atoms. The molecule has 2 aromatic carbocycles. The van der Waals surface area contributed by atoms with Gasteiger partial charge in [0.05, 0.1) is 10.4 Å². The third-order valence-corrected chi connectivity index (χ3v) is 8.03. The SMILES string of the molecule is CC[C@@]1(n2cnnc2F)CCC[C@](NS(=O)(=O)c2ccc(-c3ccccc3)cc2)(OC)C1. The van der Waals surface area contributed by atoms with Crippen molar-refractivity contribution in [2.45, 2.75) is 55.2 Å². The monoisotopic (exact) mass is 458 g/mol. The number of hydrogen-bond acceptors (Lipinski definition) is 5. The van der Waals surface area contributed by atoms with Gasteiger partial charge in [-0.25, -0.2) is 8.42 Å². The topological polar surface area (TPSA) is 86.1 Å². The molecule has 1 aromatic heterocycles. The van der Waals surface area contributed by atoms with Gasteiger partial charge in [-0.1, -0.05) is 54.5 Å². The van der Waals surface area contributed by atoms with Gasteiger partial charge in [0.2, 0.25) is 10.0 Å². The van der Waals surface area contributed by atoms with Crippen molar-refractivity contribution in [2.24, 2.45) is 0 Å². The van der Waals surface area contributed by atoms with Gasteiger partial charge in [-0.2, -0.15) is 9.11 Å². The average Bonchev–Trinajstić information content (AvgIpc) is 3.26. The average molecular weight is 459 g/mol. The Labute approximate surface area is 187 Å². The summed E-state index contributed by atoms with van der Waals surface area (Å²) in [6, 6.07) is 16.5. The first-order valence-corrected chi connectivity index (χ1v) is 12.1. The molecule has 0 bridgehead atoms. The highest BCUT2D eigenvalue weighted by Gasteiger charge is 2.48. The number of methoxy groups -OCH3 is 1. The zero-order valence-corrected chi connectivity index (χ0v) is 19.0. The molecule has 1 aliphatic rings. The van der Waals surface area contributed by atoms with Crippen LogP contribution in [-0.4, -0.2) is 36.0 Å². The third kappa shape index (κ3) is 4.20. The number of sulfonamides is 1. The second-order valence-corrected chi connectivity index (χ2v) is 9.95. The lowest BCUT2D eigenvalue weighted by Crippen LogP contribution is -2.57. The standard InChI is InChI=1S/C23H27FN4O3S/c1-3-22(28-17-25-26-21(28)24)14-7-15-23(16-22,31-2)27-32(29,30)20-12-10-19(11-13-20)18-8-5-4-6-9-18/h4-6,8-13,17,27H,3,7,14-16H2,1-2H3/t22-,23+/m1/s1. The van der Waals surface area contributed by atoms with Gasteiger partial charge in [0.25, 0.3) is 0 Å². The van der Waals surface area contributed by atoms with Crippen LogP contribution in [0.1, 0.15) is 39.0 Å². The van der Waals surface area contributed by atoms with Crippen molar-refractivity contribution in [1.29, 1.82) is 0 Å². The highest BCUT2D eigenvalue weighted by atomic mass is 32.2. The number of hydrogen-bond donors (Lipinski definition) is 1. The van der Waals surface area contributed by atoms with Crippen molar-refractivity contribution in [3.05, 3.63) is 67.0 Å². The molecule has 0 unspecified atom stereocenters. The van der Waals surface area contributed by atoms with Gasteiger partial charge in [-0.05, 0) is 48.9 Å². The minimum atomic E-state index is -3.88. The molecule has 9 heteroatoms. The van der Waals surface area contributed by atoms with Crippen LogP contribution in [0.5, 0.6) is 0 Å². The predicted molar refractivity (Wildman–Crippen MR) is 119 cm³/mol. The van der Waals surface area contributed by atoms with E-state index in [1.807, 2.05) is 37.3 Å². The largest absolute Gasteiger partial charge is 0.363 e. The Kier molecular flexibility index (Phi) is 6.15. The van der Waals surface area contributed by atoms with E-state index in [-0.39, 0.29) is 11.3 Å². The second-order valence-electron chi connectivity index (χ2n) is 8.27. The minimum Gasteiger partial charge on any atom is -0.363 e. The van der Waals surface area contributed by atoms with Crippen LogP contribution in [0.4, 0.5) is 4.39 Å². The fourth-order valence-electron chi connectivity index (χ4n) is 4.69. The molecule has 0 amide bonds. The first-order chi connectivity index (χ1) is 15.3. The molecule has 0 aliphatic heterocycles. The van der Waals surface area contributed by atoms with Crippen LogP contribution < -0.4 is 4.72 Å². The number of nitrogens with zero attached hydrogens (tertiary/aromatic N) is 3. The molecule has 1 heterocycles. The summed E-state index contributed by atoms with van der Waals surface area (Å²) in [5.41, 5.74) is 0.0918. The van der Waals surface area contributed by atoms with Gasteiger partial charge >= 0.3 is 6.08 Å². The van der Waals surface area contributed by atoms with E-state index in [0.717, 1.165) is 11.1 Å². The predicted octanol–water partition coefficient (Wildman–Crippen LogP) is 4.08. The van der Waals surface area contributed by atoms with Crippen molar-refractivity contribution in [3.63, 3.8) is 0 Å². The number of halogens is 1. The molecule has 3 aromatic rings. The Bertz CT molecular complexity index is 1170. The Morgan fingerprint density at radius 3 is 2.38 bits per heavy atom. The molecular weight excluding hydrogens is 431 g/mol. The van der Waals surface area contributed by atoms with Crippen LogP contribution in [0.2, 0.25) is 0 Å². The first-order valence-electron chi connectivity index (χ1n) is 10.6. The van der Waals surface area contributed by atoms with Crippen LogP contribution in [0.15, 0.2) is 65.8 Å². The Morgan fingerprint density at radius 2 is 1.78 bits per heavy atom. The lowest BCUT2D eigenvalue weighted by molar-refractivity contribution is -0.0876. The van der Waals surface area contributed by atoms with E-state index >= 15 is 0 Å². The van der Waals surface area contributed by atoms with Gasteiger partial charge < -0.3 is 4.74 Å². The summed E-state index contributed by atoms with van der Waals surface area (Å²) in [4.78, 5) is 0.150. The summed E-state index contributed by atoms with van der Waals surface area (Å²) in [7, 11) is -2.39. The van der Waals surface area contributed by atoms with Gasteiger partial charge in [0.1, 0.15) is 12.1 Å². The van der Waals surface area contributed by atoms with E-state index in [1.54, 1.807) is 24.3 Å². The molecule has 32 heavy (non-hydrogen) atoms. The molecule has 1 fully saturated rings. The molecule has 4 rings (SSSR count). The first kappa shape index (κ1) is 22.6. The van der Waals surface area contributed by atoms with Crippen molar-refractivity contribution >= 4 is 10.0 Å². The molecule has 1 N–H and O–H groups in total. The fourth-order valence-corrected chi connectivity index (χ4v) is 6.05. The number of aromatic nitrogens is 3. The Morgan fingerprint density at radius 1 is 1.09 bits per heavy atom. The van der Waals surface area contributed by atoms with Gasteiger partial charge in [0.15, 0.2) is 0 Å². The van der Waals surface area contributed by atoms with Crippen LogP contribution in [-0.2, 0) is 20.3 Å². The molecule has 0 saturated heterocycles. The quantitative estimate of drug-likeness (QED) is 0.539. The zero-order valence-electron chi connectivity index (χ0n) is 18.2. The summed E-state index contributed by atoms with van der Waals surface area (Å²) in [6.07, 6.45) is 3.35. The van der Waals surface area contributed by atoms with Crippen LogP contribution in [0.3, 0.4) is 0 Å². The van der Waals surface area contributed by atoms with Crippen molar-refractivity contribution < 1.29 is 17.5 Å². The zero-order chi connectivity index (χ0) is 22.8. The fraction of sp³-hybridized carbons (Fsp3) is 0.391. The number of rotatable bonds is 7. The maximum absolute atomic E-state index is 14.3. The minimum absolute atomic E-state index is 0.150. The maximum atomic E-state index is 14.3. The third-order valence-electron chi connectivity index (χ3n) is 6.50. The van der Waals surface area contributed by atoms with E-state index in [2.05, 4.69) is 14.9 Å². The van der Waals surface area contributed by atoms with Crippen molar-refractivity contribution in [2.75, 3.05) is 7.11 Å². The van der Waals surface area contributed by atoms with Crippen LogP contribution in [0, 0.1) is 6.08 Å². The number of ether oxygens (including phenoxy) is 1. The van der Waals surface area contributed by atoms with Gasteiger partial charge in [-0.3, -0.25) is 4.57 Å². The summed E-state index contributed by atoms with van der Waals surface area (Å²) in [5.74, 6) is 0. The smallest absolute Gasteiger partial charge is 0.309 e. The summed E-state index contributed by atoms with van der Waals surface area (Å²) in [5, 5.41) is 7.16. The highest BCUT2D eigenvalue weighted by Crippen LogP contribution is 2.44. The lowest BCUT2D eigenvalue weighted by atomic mass is 9.75. The van der Waals surface area contributed by atoms with Gasteiger partial charge in [-0.15, -0.1) is 5.10 Å². The molecule has 2 atom stereocenters. The van der Waals surface area contributed by atoms with Crippen LogP contribution >= 0.6 is 0 Å². The summed E-state index contributed by atoms with van der Waals surface area (Å²) >= 11 is 0. The lowest BCUT2D eigenvalue weighted by Gasteiger charge is -2.47.